The standard InChI is InChI=1S/C12H23F3N2O/c1-9(2)8-17-5-3-10(4-6-17)16-7-11(18)12(13,14)15/h9-11,16,18H,3-8H2,1-2H3. The van der Waals surface area contributed by atoms with Crippen LogP contribution in [0.15, 0.2) is 0 Å². The fourth-order valence-corrected chi connectivity index (χ4v) is 2.23. The smallest absolute Gasteiger partial charge is 0.382 e. The van der Waals surface area contributed by atoms with Crippen LogP contribution in [0, 0.1) is 5.92 Å². The van der Waals surface area contributed by atoms with Crippen LogP contribution in [0.25, 0.3) is 0 Å². The van der Waals surface area contributed by atoms with Gasteiger partial charge in [-0.2, -0.15) is 13.2 Å². The number of aliphatic hydroxyl groups excluding tert-OH is 1. The van der Waals surface area contributed by atoms with Gasteiger partial charge in [0.2, 0.25) is 0 Å². The Morgan fingerprint density at radius 2 is 1.83 bits per heavy atom. The van der Waals surface area contributed by atoms with E-state index in [-0.39, 0.29) is 6.04 Å². The Labute approximate surface area is 106 Å². The van der Waals surface area contributed by atoms with E-state index in [1.165, 1.54) is 0 Å². The summed E-state index contributed by atoms with van der Waals surface area (Å²) in [6.07, 6.45) is -5.09. The fourth-order valence-electron chi connectivity index (χ4n) is 2.23. The molecule has 0 aromatic rings. The molecule has 2 N–H and O–H groups in total. The van der Waals surface area contributed by atoms with Crippen LogP contribution in [0.2, 0.25) is 0 Å². The average Bonchev–Trinajstić information content (AvgIpc) is 2.25. The molecule has 0 bridgehead atoms. The molecule has 1 atom stereocenters. The lowest BCUT2D eigenvalue weighted by atomic mass is 10.0. The van der Waals surface area contributed by atoms with Crippen molar-refractivity contribution in [3.8, 4) is 0 Å². The van der Waals surface area contributed by atoms with Crippen molar-refractivity contribution in [1.29, 1.82) is 0 Å². The topological polar surface area (TPSA) is 35.5 Å². The summed E-state index contributed by atoms with van der Waals surface area (Å²) in [4.78, 5) is 2.34. The van der Waals surface area contributed by atoms with Gasteiger partial charge in [-0.25, -0.2) is 0 Å². The molecule has 0 radical (unpaired) electrons. The molecule has 108 valence electrons. The van der Waals surface area contributed by atoms with Crippen LogP contribution in [0.4, 0.5) is 13.2 Å². The molecule has 1 aliphatic heterocycles. The molecule has 1 aliphatic rings. The third-order valence-corrected chi connectivity index (χ3v) is 3.19. The highest BCUT2D eigenvalue weighted by Gasteiger charge is 2.38. The molecule has 1 unspecified atom stereocenters. The van der Waals surface area contributed by atoms with E-state index in [4.69, 9.17) is 5.11 Å². The molecule has 0 aromatic carbocycles. The minimum absolute atomic E-state index is 0.0883. The molecule has 0 aromatic heterocycles. The van der Waals surface area contributed by atoms with Crippen LogP contribution in [0.3, 0.4) is 0 Å². The third-order valence-electron chi connectivity index (χ3n) is 3.19. The number of nitrogens with one attached hydrogen (secondary N) is 1. The number of nitrogens with zero attached hydrogens (tertiary/aromatic N) is 1. The van der Waals surface area contributed by atoms with Crippen LogP contribution in [0.5, 0.6) is 0 Å². The zero-order chi connectivity index (χ0) is 13.8. The first-order valence-electron chi connectivity index (χ1n) is 6.49. The van der Waals surface area contributed by atoms with Gasteiger partial charge in [-0.15, -0.1) is 0 Å². The van der Waals surface area contributed by atoms with Crippen LogP contribution >= 0.6 is 0 Å². The number of hydrogen-bond donors (Lipinski definition) is 2. The number of rotatable bonds is 5. The van der Waals surface area contributed by atoms with Crippen molar-refractivity contribution in [2.45, 2.75) is 45.0 Å². The zero-order valence-corrected chi connectivity index (χ0v) is 11.0. The van der Waals surface area contributed by atoms with Gasteiger partial charge < -0.3 is 15.3 Å². The van der Waals surface area contributed by atoms with Crippen molar-refractivity contribution in [3.05, 3.63) is 0 Å². The summed E-state index contributed by atoms with van der Waals surface area (Å²) < 4.78 is 36.3. The summed E-state index contributed by atoms with van der Waals surface area (Å²) in [5.41, 5.74) is 0. The molecule has 0 spiro atoms. The molecule has 1 heterocycles. The Balaban J connectivity index is 2.20. The normalized spacial score (nSPS) is 21.5. The summed E-state index contributed by atoms with van der Waals surface area (Å²) in [7, 11) is 0. The van der Waals surface area contributed by atoms with Gasteiger partial charge in [-0.3, -0.25) is 0 Å². The lowest BCUT2D eigenvalue weighted by Crippen LogP contribution is -2.47. The largest absolute Gasteiger partial charge is 0.415 e. The highest BCUT2D eigenvalue weighted by atomic mass is 19.4. The van der Waals surface area contributed by atoms with Gasteiger partial charge in [0, 0.05) is 19.1 Å². The lowest BCUT2D eigenvalue weighted by molar-refractivity contribution is -0.202. The molecule has 1 rings (SSSR count). The van der Waals surface area contributed by atoms with E-state index in [9.17, 15) is 13.2 Å². The third kappa shape index (κ3) is 5.54. The van der Waals surface area contributed by atoms with Crippen LogP contribution < -0.4 is 5.32 Å². The Morgan fingerprint density at radius 1 is 1.28 bits per heavy atom. The fraction of sp³-hybridized carbons (Fsp3) is 1.00. The minimum atomic E-state index is -4.52. The Hall–Kier alpha value is -0.330. The number of likely N-dealkylation sites (tertiary alicyclic amines) is 1. The predicted octanol–water partition coefficient (Wildman–Crippen LogP) is 1.62. The summed E-state index contributed by atoms with van der Waals surface area (Å²) in [6, 6.07) is 0.0883. The van der Waals surface area contributed by atoms with Gasteiger partial charge in [-0.1, -0.05) is 13.8 Å². The van der Waals surface area contributed by atoms with Gasteiger partial charge in [0.1, 0.15) is 0 Å². The van der Waals surface area contributed by atoms with Crippen molar-refractivity contribution >= 4 is 0 Å². The highest BCUT2D eigenvalue weighted by molar-refractivity contribution is 4.79. The number of hydrogen-bond acceptors (Lipinski definition) is 3. The first-order chi connectivity index (χ1) is 8.29. The minimum Gasteiger partial charge on any atom is -0.382 e. The monoisotopic (exact) mass is 268 g/mol. The molecular weight excluding hydrogens is 245 g/mol. The van der Waals surface area contributed by atoms with Gasteiger partial charge >= 0.3 is 6.18 Å². The van der Waals surface area contributed by atoms with Crippen molar-refractivity contribution in [2.24, 2.45) is 5.92 Å². The number of piperidine rings is 1. The van der Waals surface area contributed by atoms with Crippen LogP contribution in [0.1, 0.15) is 26.7 Å². The van der Waals surface area contributed by atoms with E-state index in [1.54, 1.807) is 0 Å². The molecule has 0 saturated carbocycles. The van der Waals surface area contributed by atoms with E-state index >= 15 is 0 Å². The maximum atomic E-state index is 12.1. The summed E-state index contributed by atoms with van der Waals surface area (Å²) in [6.45, 7) is 6.78. The van der Waals surface area contributed by atoms with E-state index in [2.05, 4.69) is 24.1 Å². The highest BCUT2D eigenvalue weighted by Crippen LogP contribution is 2.20. The maximum absolute atomic E-state index is 12.1. The van der Waals surface area contributed by atoms with Crippen molar-refractivity contribution in [3.63, 3.8) is 0 Å². The molecule has 18 heavy (non-hydrogen) atoms. The summed E-state index contributed by atoms with van der Waals surface area (Å²) in [5.74, 6) is 0.613. The van der Waals surface area contributed by atoms with Gasteiger partial charge in [0.05, 0.1) is 0 Å². The van der Waals surface area contributed by atoms with E-state index in [0.29, 0.717) is 5.92 Å². The van der Waals surface area contributed by atoms with E-state index < -0.39 is 18.8 Å². The SMILES string of the molecule is CC(C)CN1CCC(NCC(O)C(F)(F)F)CC1. The second-order valence-corrected chi connectivity index (χ2v) is 5.43. The maximum Gasteiger partial charge on any atom is 0.415 e. The molecular formula is C12H23F3N2O. The molecule has 0 aliphatic carbocycles. The quantitative estimate of drug-likeness (QED) is 0.795. The van der Waals surface area contributed by atoms with Gasteiger partial charge in [0.25, 0.3) is 0 Å². The first kappa shape index (κ1) is 15.7. The molecule has 1 saturated heterocycles. The first-order valence-corrected chi connectivity index (χ1v) is 6.49. The summed E-state index contributed by atoms with van der Waals surface area (Å²) in [5, 5.41) is 11.7. The number of aliphatic hydroxyl groups is 1. The molecule has 0 amide bonds. The lowest BCUT2D eigenvalue weighted by Gasteiger charge is -2.33. The van der Waals surface area contributed by atoms with Crippen LogP contribution in [-0.2, 0) is 0 Å². The second-order valence-electron chi connectivity index (χ2n) is 5.43. The van der Waals surface area contributed by atoms with Crippen molar-refractivity contribution in [1.82, 2.24) is 10.2 Å². The van der Waals surface area contributed by atoms with E-state index in [1.807, 2.05) is 0 Å². The Morgan fingerprint density at radius 3 is 2.28 bits per heavy atom. The molecule has 6 heteroatoms. The summed E-state index contributed by atoms with van der Waals surface area (Å²) >= 11 is 0. The zero-order valence-electron chi connectivity index (χ0n) is 11.0. The number of halogens is 3. The average molecular weight is 268 g/mol. The van der Waals surface area contributed by atoms with Gasteiger partial charge in [0.15, 0.2) is 6.10 Å². The van der Waals surface area contributed by atoms with Crippen molar-refractivity contribution in [2.75, 3.05) is 26.2 Å². The number of alkyl halides is 3. The predicted molar refractivity (Wildman–Crippen MR) is 64.4 cm³/mol. The Kier molecular flexibility index (Phi) is 5.88. The van der Waals surface area contributed by atoms with E-state index in [0.717, 1.165) is 32.5 Å². The Bertz CT molecular complexity index is 238. The van der Waals surface area contributed by atoms with Crippen LogP contribution in [-0.4, -0.2) is 54.5 Å². The molecule has 1 fully saturated rings. The van der Waals surface area contributed by atoms with Crippen molar-refractivity contribution < 1.29 is 18.3 Å². The molecule has 3 nitrogen and oxygen atoms in total. The van der Waals surface area contributed by atoms with Gasteiger partial charge in [-0.05, 0) is 31.8 Å². The second kappa shape index (κ2) is 6.73.